The summed E-state index contributed by atoms with van der Waals surface area (Å²) in [6.45, 7) is 4.77. The second-order valence-corrected chi connectivity index (χ2v) is 9.03. The smallest absolute Gasteiger partial charge is 0.274 e. The molecule has 9 heteroatoms. The van der Waals surface area contributed by atoms with Gasteiger partial charge in [0.05, 0.1) is 11.9 Å². The fraction of sp³-hybridized carbons (Fsp3) is 0.259. The minimum Gasteiger partial charge on any atom is -0.510 e. The zero-order valence-electron chi connectivity index (χ0n) is 19.9. The molecular formula is C27H28N6O3. The average molecular weight is 485 g/mol. The lowest BCUT2D eigenvalue weighted by molar-refractivity contribution is 0.0926. The van der Waals surface area contributed by atoms with Gasteiger partial charge in [-0.05, 0) is 42.3 Å². The molecule has 1 saturated heterocycles. The lowest BCUT2D eigenvalue weighted by atomic mass is 10.0. The number of anilines is 1. The Hall–Kier alpha value is -4.24. The molecule has 1 aromatic heterocycles. The quantitative estimate of drug-likeness (QED) is 0.423. The molecule has 1 aliphatic carbocycles. The van der Waals surface area contributed by atoms with Crippen molar-refractivity contribution in [3.05, 3.63) is 82.9 Å². The highest BCUT2D eigenvalue weighted by Crippen LogP contribution is 2.33. The molecule has 36 heavy (non-hydrogen) atoms. The maximum absolute atomic E-state index is 13.0. The molecule has 184 valence electrons. The molecule has 2 amide bonds. The van der Waals surface area contributed by atoms with Gasteiger partial charge in [0, 0.05) is 30.3 Å². The first kappa shape index (κ1) is 23.5. The van der Waals surface area contributed by atoms with Crippen LogP contribution in [0.25, 0.3) is 17.3 Å². The van der Waals surface area contributed by atoms with Gasteiger partial charge >= 0.3 is 0 Å². The first-order valence-corrected chi connectivity index (χ1v) is 12.0. The van der Waals surface area contributed by atoms with Crippen molar-refractivity contribution in [3.8, 4) is 11.3 Å². The molecule has 1 aliphatic heterocycles. The summed E-state index contributed by atoms with van der Waals surface area (Å²) in [5, 5.41) is 16.2. The van der Waals surface area contributed by atoms with Crippen molar-refractivity contribution < 1.29 is 14.7 Å². The summed E-state index contributed by atoms with van der Waals surface area (Å²) < 4.78 is 0. The number of rotatable bonds is 6. The molecule has 9 nitrogen and oxygen atoms in total. The molecule has 1 fully saturated rings. The highest BCUT2D eigenvalue weighted by Gasteiger charge is 2.27. The number of carbonyl (C=O) groups is 2. The summed E-state index contributed by atoms with van der Waals surface area (Å²) in [6.07, 6.45) is 4.01. The minimum atomic E-state index is -0.608. The number of likely N-dealkylation sites (tertiary alicyclic amines) is 1. The van der Waals surface area contributed by atoms with Crippen molar-refractivity contribution in [3.63, 3.8) is 0 Å². The number of benzene rings is 2. The lowest BCUT2D eigenvalue weighted by Gasteiger charge is -2.16. The van der Waals surface area contributed by atoms with Crippen molar-refractivity contribution in [2.24, 2.45) is 0 Å². The standard InChI is InChI=1S/C27H28N6O3/c1-2-33-11-10-19(15-33)30-27(36)24-25(28)29-14-21(31-24)17-7-5-8-18(12-17)26(35)32-23-20-9-4-3-6-16(20)13-22(23)34/h3-9,12-14,19,23,34H,2,10-11,15H2,1H3,(H2,28,29)(H,30,36)(H,32,35)/t19-,23-/m0/s1. The molecule has 5 N–H and O–H groups in total. The van der Waals surface area contributed by atoms with E-state index in [2.05, 4.69) is 32.4 Å². The Morgan fingerprint density at radius 2 is 1.97 bits per heavy atom. The Morgan fingerprint density at radius 1 is 1.14 bits per heavy atom. The second-order valence-electron chi connectivity index (χ2n) is 9.03. The van der Waals surface area contributed by atoms with Gasteiger partial charge in [-0.25, -0.2) is 9.97 Å². The van der Waals surface area contributed by atoms with E-state index in [0.717, 1.165) is 37.2 Å². The number of nitrogens with two attached hydrogens (primary N) is 1. The van der Waals surface area contributed by atoms with Gasteiger partial charge in [0.2, 0.25) is 0 Å². The Morgan fingerprint density at radius 3 is 2.78 bits per heavy atom. The summed E-state index contributed by atoms with van der Waals surface area (Å²) in [7, 11) is 0. The van der Waals surface area contributed by atoms with E-state index in [-0.39, 0.29) is 35.1 Å². The molecule has 2 aromatic carbocycles. The van der Waals surface area contributed by atoms with E-state index >= 15 is 0 Å². The molecule has 5 rings (SSSR count). The largest absolute Gasteiger partial charge is 0.510 e. The van der Waals surface area contributed by atoms with Crippen LogP contribution in [0.2, 0.25) is 0 Å². The number of nitrogens with zero attached hydrogens (tertiary/aromatic N) is 3. The third-order valence-electron chi connectivity index (χ3n) is 6.67. The molecule has 0 radical (unpaired) electrons. The van der Waals surface area contributed by atoms with Crippen LogP contribution in [-0.2, 0) is 0 Å². The van der Waals surface area contributed by atoms with E-state index in [1.54, 1.807) is 30.3 Å². The molecule has 0 unspecified atom stereocenters. The first-order valence-electron chi connectivity index (χ1n) is 12.0. The Balaban J connectivity index is 1.34. The Labute approximate surface area is 209 Å². The lowest BCUT2D eigenvalue weighted by Crippen LogP contribution is -2.38. The molecule has 2 heterocycles. The van der Waals surface area contributed by atoms with Crippen molar-refractivity contribution in [2.45, 2.75) is 25.4 Å². The van der Waals surface area contributed by atoms with Crippen molar-refractivity contribution in [2.75, 3.05) is 25.4 Å². The van der Waals surface area contributed by atoms with E-state index in [0.29, 0.717) is 16.8 Å². The summed E-state index contributed by atoms with van der Waals surface area (Å²) in [5.74, 6) is -0.565. The van der Waals surface area contributed by atoms with Crippen LogP contribution in [0.1, 0.15) is 51.4 Å². The monoisotopic (exact) mass is 484 g/mol. The zero-order chi connectivity index (χ0) is 25.2. The van der Waals surface area contributed by atoms with Crippen LogP contribution in [0.5, 0.6) is 0 Å². The molecule has 0 saturated carbocycles. The predicted octanol–water partition coefficient (Wildman–Crippen LogP) is 2.93. The Bertz CT molecular complexity index is 1350. The van der Waals surface area contributed by atoms with E-state index in [1.165, 1.54) is 6.20 Å². The van der Waals surface area contributed by atoms with Gasteiger partial charge in [0.25, 0.3) is 11.8 Å². The van der Waals surface area contributed by atoms with Gasteiger partial charge in [-0.2, -0.15) is 0 Å². The van der Waals surface area contributed by atoms with Crippen molar-refractivity contribution in [1.29, 1.82) is 0 Å². The average Bonchev–Trinajstić information content (AvgIpc) is 3.47. The number of hydrogen-bond acceptors (Lipinski definition) is 7. The van der Waals surface area contributed by atoms with Crippen LogP contribution in [0.3, 0.4) is 0 Å². The van der Waals surface area contributed by atoms with E-state index in [4.69, 9.17) is 5.73 Å². The third-order valence-corrected chi connectivity index (χ3v) is 6.67. The number of aliphatic hydroxyl groups is 1. The summed E-state index contributed by atoms with van der Waals surface area (Å²) in [5.41, 5.74) is 9.19. The van der Waals surface area contributed by atoms with Crippen LogP contribution in [-0.4, -0.2) is 57.5 Å². The van der Waals surface area contributed by atoms with Crippen molar-refractivity contribution in [1.82, 2.24) is 25.5 Å². The number of carbonyl (C=O) groups excluding carboxylic acids is 2. The number of aliphatic hydroxyl groups excluding tert-OH is 1. The fourth-order valence-corrected chi connectivity index (χ4v) is 4.69. The van der Waals surface area contributed by atoms with Gasteiger partial charge in [0.1, 0.15) is 11.8 Å². The number of aromatic nitrogens is 2. The maximum atomic E-state index is 13.0. The number of likely N-dealkylation sites (N-methyl/N-ethyl adjacent to an activating group) is 1. The minimum absolute atomic E-state index is 0.0421. The van der Waals surface area contributed by atoms with Crippen molar-refractivity contribution >= 4 is 23.7 Å². The van der Waals surface area contributed by atoms with Crippen LogP contribution in [0, 0.1) is 0 Å². The predicted molar refractivity (Wildman–Crippen MR) is 137 cm³/mol. The molecule has 2 aliphatic rings. The van der Waals surface area contributed by atoms with Crippen LogP contribution < -0.4 is 16.4 Å². The van der Waals surface area contributed by atoms with Gasteiger partial charge in [-0.15, -0.1) is 0 Å². The normalized spacial score (nSPS) is 19.0. The number of amides is 2. The van der Waals surface area contributed by atoms with Gasteiger partial charge in [-0.3, -0.25) is 9.59 Å². The maximum Gasteiger partial charge on any atom is 0.274 e. The van der Waals surface area contributed by atoms with Gasteiger partial charge < -0.3 is 26.4 Å². The highest BCUT2D eigenvalue weighted by atomic mass is 16.3. The summed E-state index contributed by atoms with van der Waals surface area (Å²) in [6, 6.07) is 13.8. The van der Waals surface area contributed by atoms with E-state index in [1.807, 2.05) is 24.3 Å². The topological polar surface area (TPSA) is 133 Å². The molecule has 0 bridgehead atoms. The summed E-state index contributed by atoms with van der Waals surface area (Å²) >= 11 is 0. The third kappa shape index (κ3) is 4.65. The SMILES string of the molecule is CCN1CC[C@H](NC(=O)c2nc(-c3cccc(C(=O)N[C@@H]4C(O)=Cc5ccccc54)c3)cnc2N)C1. The molecule has 2 atom stereocenters. The van der Waals surface area contributed by atoms with Crippen LogP contribution in [0.4, 0.5) is 5.82 Å². The number of nitrogen functional groups attached to an aromatic ring is 1. The van der Waals surface area contributed by atoms with Crippen LogP contribution >= 0.6 is 0 Å². The zero-order valence-corrected chi connectivity index (χ0v) is 19.9. The number of fused-ring (bicyclic) bond motifs is 1. The molecule has 0 spiro atoms. The van der Waals surface area contributed by atoms with Gasteiger partial charge in [0.15, 0.2) is 11.5 Å². The van der Waals surface area contributed by atoms with Gasteiger partial charge in [-0.1, -0.05) is 43.3 Å². The fourth-order valence-electron chi connectivity index (χ4n) is 4.69. The first-order chi connectivity index (χ1) is 17.4. The number of hydrogen-bond donors (Lipinski definition) is 4. The number of nitrogens with one attached hydrogen (secondary N) is 2. The van der Waals surface area contributed by atoms with E-state index < -0.39 is 6.04 Å². The summed E-state index contributed by atoms with van der Waals surface area (Å²) in [4.78, 5) is 36.9. The van der Waals surface area contributed by atoms with E-state index in [9.17, 15) is 14.7 Å². The van der Waals surface area contributed by atoms with Crippen LogP contribution in [0.15, 0.2) is 60.5 Å². The highest BCUT2D eigenvalue weighted by molar-refractivity contribution is 5.98. The Kier molecular flexibility index (Phi) is 6.39. The molecule has 3 aromatic rings. The molecular weight excluding hydrogens is 456 g/mol. The second kappa shape index (κ2) is 9.79.